The van der Waals surface area contributed by atoms with Crippen LogP contribution < -0.4 is 4.90 Å². The second-order valence-corrected chi connectivity index (χ2v) is 5.36. The summed E-state index contributed by atoms with van der Waals surface area (Å²) in [7, 11) is 1.77. The number of amides is 1. The van der Waals surface area contributed by atoms with Crippen molar-refractivity contribution in [1.29, 1.82) is 0 Å². The predicted molar refractivity (Wildman–Crippen MR) is 75.8 cm³/mol. The first-order valence-electron chi connectivity index (χ1n) is 7.07. The highest BCUT2D eigenvalue weighted by molar-refractivity contribution is 5.86. The Kier molecular flexibility index (Phi) is 3.82. The van der Waals surface area contributed by atoms with E-state index in [2.05, 4.69) is 15.1 Å². The van der Waals surface area contributed by atoms with Gasteiger partial charge in [-0.1, -0.05) is 0 Å². The molecule has 0 unspecified atom stereocenters. The standard InChI is InChI=1S/C13H15F3N6O/c1-20-11-9(7-19-20)12(18-8-17-11)22-4-2-21(3-5-22)10(23)6-13(14,15)16/h7-8H,2-6H2,1H3. The molecule has 0 aromatic carbocycles. The first-order chi connectivity index (χ1) is 10.8. The van der Waals surface area contributed by atoms with E-state index in [1.807, 2.05) is 4.90 Å². The van der Waals surface area contributed by atoms with Crippen LogP contribution in [0.1, 0.15) is 6.42 Å². The number of alkyl halides is 3. The quantitative estimate of drug-likeness (QED) is 0.822. The van der Waals surface area contributed by atoms with Crippen LogP contribution in [0.2, 0.25) is 0 Å². The molecule has 0 spiro atoms. The molecule has 7 nitrogen and oxygen atoms in total. The van der Waals surface area contributed by atoms with Gasteiger partial charge in [0.15, 0.2) is 5.65 Å². The summed E-state index contributed by atoms with van der Waals surface area (Å²) in [4.78, 5) is 23.2. The Morgan fingerprint density at radius 2 is 1.91 bits per heavy atom. The molecule has 1 aliphatic rings. The zero-order valence-corrected chi connectivity index (χ0v) is 12.4. The Balaban J connectivity index is 1.70. The minimum atomic E-state index is -4.47. The predicted octanol–water partition coefficient (Wildman–Crippen LogP) is 0.964. The van der Waals surface area contributed by atoms with Crippen molar-refractivity contribution in [1.82, 2.24) is 24.6 Å². The minimum Gasteiger partial charge on any atom is -0.352 e. The first kappa shape index (κ1) is 15.5. The normalized spacial score (nSPS) is 16.2. The number of rotatable bonds is 2. The molecule has 23 heavy (non-hydrogen) atoms. The lowest BCUT2D eigenvalue weighted by atomic mass is 10.2. The van der Waals surface area contributed by atoms with E-state index in [-0.39, 0.29) is 13.1 Å². The van der Waals surface area contributed by atoms with Gasteiger partial charge in [-0.25, -0.2) is 9.97 Å². The third kappa shape index (κ3) is 3.20. The molecule has 3 rings (SSSR count). The summed E-state index contributed by atoms with van der Waals surface area (Å²) in [5.74, 6) is -0.197. The molecule has 0 N–H and O–H groups in total. The van der Waals surface area contributed by atoms with Gasteiger partial charge >= 0.3 is 6.18 Å². The van der Waals surface area contributed by atoms with Crippen molar-refractivity contribution in [2.24, 2.45) is 7.05 Å². The maximum Gasteiger partial charge on any atom is 0.397 e. The number of hydrogen-bond acceptors (Lipinski definition) is 5. The van der Waals surface area contributed by atoms with E-state index in [4.69, 9.17) is 0 Å². The van der Waals surface area contributed by atoms with Crippen LogP contribution >= 0.6 is 0 Å². The highest BCUT2D eigenvalue weighted by atomic mass is 19.4. The number of anilines is 1. The number of carbonyl (C=O) groups is 1. The second-order valence-electron chi connectivity index (χ2n) is 5.36. The van der Waals surface area contributed by atoms with Crippen LogP contribution in [-0.4, -0.2) is 62.9 Å². The summed E-state index contributed by atoms with van der Waals surface area (Å²) < 4.78 is 38.5. The van der Waals surface area contributed by atoms with E-state index in [0.717, 1.165) is 5.39 Å². The maximum atomic E-state index is 12.3. The van der Waals surface area contributed by atoms with Crippen molar-refractivity contribution in [3.05, 3.63) is 12.5 Å². The molecule has 0 saturated carbocycles. The number of fused-ring (bicyclic) bond motifs is 1. The van der Waals surface area contributed by atoms with Gasteiger partial charge in [0.1, 0.15) is 18.6 Å². The molecule has 0 atom stereocenters. The van der Waals surface area contributed by atoms with E-state index in [9.17, 15) is 18.0 Å². The van der Waals surface area contributed by atoms with Crippen molar-refractivity contribution in [2.75, 3.05) is 31.1 Å². The van der Waals surface area contributed by atoms with Crippen LogP contribution in [0.15, 0.2) is 12.5 Å². The summed E-state index contributed by atoms with van der Waals surface area (Å²) in [5, 5.41) is 4.92. The summed E-state index contributed by atoms with van der Waals surface area (Å²) in [6.45, 7) is 1.32. The highest BCUT2D eigenvalue weighted by Crippen LogP contribution is 2.24. The van der Waals surface area contributed by atoms with Gasteiger partial charge in [-0.15, -0.1) is 0 Å². The van der Waals surface area contributed by atoms with Crippen molar-refractivity contribution >= 4 is 22.8 Å². The Morgan fingerprint density at radius 3 is 2.57 bits per heavy atom. The Bertz CT molecular complexity index is 720. The lowest BCUT2D eigenvalue weighted by Crippen LogP contribution is -2.49. The van der Waals surface area contributed by atoms with Gasteiger partial charge in [-0.2, -0.15) is 18.3 Å². The number of halogens is 3. The SMILES string of the molecule is Cn1ncc2c(N3CCN(C(=O)CC(F)(F)F)CC3)ncnc21. The van der Waals surface area contributed by atoms with Crippen LogP contribution in [0, 0.1) is 0 Å². The number of piperazine rings is 1. The van der Waals surface area contributed by atoms with Crippen LogP contribution in [0.5, 0.6) is 0 Å². The molecule has 124 valence electrons. The van der Waals surface area contributed by atoms with E-state index >= 15 is 0 Å². The van der Waals surface area contributed by atoms with E-state index in [1.54, 1.807) is 17.9 Å². The first-order valence-corrected chi connectivity index (χ1v) is 7.07. The maximum absolute atomic E-state index is 12.3. The molecule has 2 aromatic rings. The van der Waals surface area contributed by atoms with Gasteiger partial charge in [0.25, 0.3) is 0 Å². The monoisotopic (exact) mass is 328 g/mol. The summed E-state index contributed by atoms with van der Waals surface area (Å²) in [6.07, 6.45) is -2.79. The number of aryl methyl sites for hydroxylation is 1. The fraction of sp³-hybridized carbons (Fsp3) is 0.538. The molecule has 3 heterocycles. The topological polar surface area (TPSA) is 67.2 Å². The number of hydrogen-bond donors (Lipinski definition) is 0. The largest absolute Gasteiger partial charge is 0.397 e. The Morgan fingerprint density at radius 1 is 1.22 bits per heavy atom. The van der Waals surface area contributed by atoms with Gasteiger partial charge in [-0.3, -0.25) is 9.48 Å². The van der Waals surface area contributed by atoms with Gasteiger partial charge in [0.2, 0.25) is 5.91 Å². The van der Waals surface area contributed by atoms with Crippen LogP contribution in [0.3, 0.4) is 0 Å². The van der Waals surface area contributed by atoms with E-state index in [1.165, 1.54) is 11.2 Å². The average molecular weight is 328 g/mol. The molecule has 1 saturated heterocycles. The van der Waals surface area contributed by atoms with Crippen LogP contribution in [0.4, 0.5) is 19.0 Å². The van der Waals surface area contributed by atoms with Crippen LogP contribution in [-0.2, 0) is 11.8 Å². The summed E-state index contributed by atoms with van der Waals surface area (Å²) in [6, 6.07) is 0. The average Bonchev–Trinajstić information content (AvgIpc) is 2.87. The molecule has 0 aliphatic carbocycles. The molecule has 0 radical (unpaired) electrons. The molecule has 2 aromatic heterocycles. The van der Waals surface area contributed by atoms with E-state index in [0.29, 0.717) is 24.6 Å². The zero-order chi connectivity index (χ0) is 16.6. The Labute approximate surface area is 129 Å². The third-order valence-electron chi connectivity index (χ3n) is 3.79. The molecule has 1 fully saturated rings. The molecule has 10 heteroatoms. The fourth-order valence-corrected chi connectivity index (χ4v) is 2.65. The Hall–Kier alpha value is -2.39. The van der Waals surface area contributed by atoms with E-state index < -0.39 is 18.5 Å². The van der Waals surface area contributed by atoms with Crippen molar-refractivity contribution in [3.63, 3.8) is 0 Å². The number of carbonyl (C=O) groups excluding carboxylic acids is 1. The van der Waals surface area contributed by atoms with Crippen molar-refractivity contribution in [3.8, 4) is 0 Å². The molecular weight excluding hydrogens is 313 g/mol. The van der Waals surface area contributed by atoms with Crippen molar-refractivity contribution < 1.29 is 18.0 Å². The molecule has 0 bridgehead atoms. The lowest BCUT2D eigenvalue weighted by Gasteiger charge is -2.35. The molecular formula is C13H15F3N6O. The number of nitrogens with zero attached hydrogens (tertiary/aromatic N) is 6. The minimum absolute atomic E-state index is 0.237. The van der Waals surface area contributed by atoms with Gasteiger partial charge in [0, 0.05) is 33.2 Å². The second kappa shape index (κ2) is 5.67. The zero-order valence-electron chi connectivity index (χ0n) is 12.4. The van der Waals surface area contributed by atoms with Crippen LogP contribution in [0.25, 0.3) is 11.0 Å². The van der Waals surface area contributed by atoms with Gasteiger partial charge in [0.05, 0.1) is 11.6 Å². The van der Waals surface area contributed by atoms with Crippen molar-refractivity contribution in [2.45, 2.75) is 12.6 Å². The summed E-state index contributed by atoms with van der Waals surface area (Å²) >= 11 is 0. The lowest BCUT2D eigenvalue weighted by molar-refractivity contribution is -0.161. The van der Waals surface area contributed by atoms with Gasteiger partial charge in [-0.05, 0) is 0 Å². The fourth-order valence-electron chi connectivity index (χ4n) is 2.65. The summed E-state index contributed by atoms with van der Waals surface area (Å²) in [5.41, 5.74) is 0.686. The molecule has 1 aliphatic heterocycles. The number of aromatic nitrogens is 4. The smallest absolute Gasteiger partial charge is 0.352 e. The third-order valence-corrected chi connectivity index (χ3v) is 3.79. The molecule has 1 amide bonds. The highest BCUT2D eigenvalue weighted by Gasteiger charge is 2.34. The van der Waals surface area contributed by atoms with Gasteiger partial charge < -0.3 is 9.80 Å².